The molecule has 0 aliphatic heterocycles. The third kappa shape index (κ3) is 5.13. The van der Waals surface area contributed by atoms with Crippen LogP contribution in [0.1, 0.15) is 26.3 Å². The van der Waals surface area contributed by atoms with E-state index in [9.17, 15) is 9.59 Å². The molecule has 1 atom stereocenters. The second-order valence-corrected chi connectivity index (χ2v) is 6.36. The normalized spacial score (nSPS) is 11.7. The molecule has 0 spiro atoms. The largest absolute Gasteiger partial charge is 0.492 e. The fourth-order valence-electron chi connectivity index (χ4n) is 2.41. The molecular formula is C17H23N5O4S. The average Bonchev–Trinajstić information content (AvgIpc) is 3.03. The highest BCUT2D eigenvalue weighted by Crippen LogP contribution is 2.28. The van der Waals surface area contributed by atoms with E-state index < -0.39 is 12.0 Å². The van der Waals surface area contributed by atoms with Crippen LogP contribution in [0.25, 0.3) is 0 Å². The number of carbonyl (C=O) groups is 2. The lowest BCUT2D eigenvalue weighted by molar-refractivity contribution is -0.137. The van der Waals surface area contributed by atoms with Gasteiger partial charge in [0.1, 0.15) is 11.8 Å². The van der Waals surface area contributed by atoms with Gasteiger partial charge in [0.25, 0.3) is 0 Å². The van der Waals surface area contributed by atoms with Gasteiger partial charge in [-0.15, -0.1) is 10.2 Å². The van der Waals surface area contributed by atoms with Crippen LogP contribution >= 0.6 is 11.8 Å². The molecule has 1 heterocycles. The number of hydrogen-bond acceptors (Lipinski definition) is 8. The van der Waals surface area contributed by atoms with Gasteiger partial charge >= 0.3 is 5.97 Å². The van der Waals surface area contributed by atoms with Crippen molar-refractivity contribution < 1.29 is 19.1 Å². The number of ether oxygens (including phenoxy) is 2. The predicted molar refractivity (Wildman–Crippen MR) is 103 cm³/mol. The van der Waals surface area contributed by atoms with Crippen LogP contribution in [0.5, 0.6) is 5.75 Å². The van der Waals surface area contributed by atoms with Crippen LogP contribution in [0.15, 0.2) is 29.4 Å². The van der Waals surface area contributed by atoms with Gasteiger partial charge in [-0.05, 0) is 25.5 Å². The highest BCUT2D eigenvalue weighted by molar-refractivity contribution is 7.99. The molecule has 0 aliphatic rings. The molecule has 146 valence electrons. The molecular weight excluding hydrogens is 370 g/mol. The molecule has 1 amide bonds. The van der Waals surface area contributed by atoms with Crippen LogP contribution in [0, 0.1) is 0 Å². The topological polar surface area (TPSA) is 121 Å². The number of rotatable bonds is 9. The number of esters is 1. The lowest BCUT2D eigenvalue weighted by Gasteiger charge is -2.20. The first-order chi connectivity index (χ1) is 13.0. The fourth-order valence-corrected chi connectivity index (χ4v) is 3.24. The third-order valence-corrected chi connectivity index (χ3v) is 4.60. The van der Waals surface area contributed by atoms with Crippen molar-refractivity contribution in [1.29, 1.82) is 0 Å². The lowest BCUT2D eigenvalue weighted by atomic mass is 10.2. The molecule has 27 heavy (non-hydrogen) atoms. The number of nitrogen functional groups attached to an aromatic ring is 1. The number of benzene rings is 1. The average molecular weight is 393 g/mol. The standard InChI is InChI=1S/C17H23N5O4S/c1-4-12(15(24)19-11-8-6-7-9-13(11)26-5-2)22-16(18)20-21-17(22)27-10-14(23)25-3/h6-9,12H,4-5,10H2,1-3H3,(H2,18,20)(H,19,24). The summed E-state index contributed by atoms with van der Waals surface area (Å²) in [6, 6.07) is 6.54. The van der Waals surface area contributed by atoms with Crippen molar-refractivity contribution in [1.82, 2.24) is 14.8 Å². The van der Waals surface area contributed by atoms with Gasteiger partial charge in [0.2, 0.25) is 11.9 Å². The van der Waals surface area contributed by atoms with Gasteiger partial charge in [0.05, 0.1) is 25.2 Å². The number of thioether (sulfide) groups is 1. The van der Waals surface area contributed by atoms with Crippen molar-refractivity contribution in [2.75, 3.05) is 30.5 Å². The van der Waals surface area contributed by atoms with Crippen molar-refractivity contribution in [3.05, 3.63) is 24.3 Å². The first-order valence-corrected chi connectivity index (χ1v) is 9.43. The minimum atomic E-state index is -0.644. The molecule has 9 nitrogen and oxygen atoms in total. The maximum atomic E-state index is 12.9. The van der Waals surface area contributed by atoms with Crippen LogP contribution in [-0.4, -0.2) is 46.1 Å². The van der Waals surface area contributed by atoms with E-state index in [4.69, 9.17) is 10.5 Å². The Kier molecular flexibility index (Phi) is 7.47. The SMILES string of the molecule is CCOc1ccccc1NC(=O)C(CC)n1c(N)nnc1SCC(=O)OC. The van der Waals surface area contributed by atoms with Crippen molar-refractivity contribution in [2.45, 2.75) is 31.5 Å². The Labute approximate surface area is 161 Å². The summed E-state index contributed by atoms with van der Waals surface area (Å²) in [6.07, 6.45) is 0.455. The quantitative estimate of drug-likeness (QED) is 0.491. The molecule has 0 saturated heterocycles. The monoisotopic (exact) mass is 393 g/mol. The number of amides is 1. The minimum absolute atomic E-state index is 0.0415. The molecule has 0 saturated carbocycles. The van der Waals surface area contributed by atoms with E-state index in [0.29, 0.717) is 29.6 Å². The van der Waals surface area contributed by atoms with Crippen LogP contribution in [0.4, 0.5) is 11.6 Å². The number of aromatic nitrogens is 3. The Hall–Kier alpha value is -2.75. The Balaban J connectivity index is 2.23. The van der Waals surface area contributed by atoms with Crippen LogP contribution in [-0.2, 0) is 14.3 Å². The van der Waals surface area contributed by atoms with Gasteiger partial charge in [0, 0.05) is 0 Å². The fraction of sp³-hybridized carbons (Fsp3) is 0.412. The molecule has 10 heteroatoms. The van der Waals surface area contributed by atoms with Crippen LogP contribution in [0.3, 0.4) is 0 Å². The molecule has 1 aromatic heterocycles. The molecule has 1 unspecified atom stereocenters. The molecule has 0 fully saturated rings. The number of nitrogens with zero attached hydrogens (tertiary/aromatic N) is 3. The smallest absolute Gasteiger partial charge is 0.316 e. The number of hydrogen-bond donors (Lipinski definition) is 2. The Morgan fingerprint density at radius 1 is 1.30 bits per heavy atom. The minimum Gasteiger partial charge on any atom is -0.492 e. The number of nitrogens with two attached hydrogens (primary N) is 1. The zero-order valence-corrected chi connectivity index (χ0v) is 16.3. The number of carbonyl (C=O) groups excluding carboxylic acids is 2. The van der Waals surface area contributed by atoms with Gasteiger partial charge in [-0.3, -0.25) is 14.2 Å². The van der Waals surface area contributed by atoms with E-state index >= 15 is 0 Å². The number of anilines is 2. The summed E-state index contributed by atoms with van der Waals surface area (Å²) >= 11 is 1.11. The summed E-state index contributed by atoms with van der Waals surface area (Å²) in [7, 11) is 1.31. The zero-order chi connectivity index (χ0) is 19.8. The number of methoxy groups -OCH3 is 1. The summed E-state index contributed by atoms with van der Waals surface area (Å²) in [4.78, 5) is 24.3. The van der Waals surface area contributed by atoms with E-state index in [1.165, 1.54) is 11.7 Å². The van der Waals surface area contributed by atoms with Gasteiger partial charge in [-0.25, -0.2) is 0 Å². The van der Waals surface area contributed by atoms with Crippen LogP contribution < -0.4 is 15.8 Å². The van der Waals surface area contributed by atoms with Crippen molar-refractivity contribution in [3.63, 3.8) is 0 Å². The van der Waals surface area contributed by atoms with Gasteiger partial charge in [0.15, 0.2) is 5.16 Å². The molecule has 0 radical (unpaired) electrons. The highest BCUT2D eigenvalue weighted by atomic mass is 32.2. The summed E-state index contributed by atoms with van der Waals surface area (Å²) in [5.41, 5.74) is 6.49. The number of nitrogens with one attached hydrogen (secondary N) is 1. The van der Waals surface area contributed by atoms with Gasteiger partial charge in [-0.1, -0.05) is 30.8 Å². The second-order valence-electron chi connectivity index (χ2n) is 5.42. The highest BCUT2D eigenvalue weighted by Gasteiger charge is 2.26. The summed E-state index contributed by atoms with van der Waals surface area (Å²) in [5.74, 6) is 0.0369. The van der Waals surface area contributed by atoms with Gasteiger partial charge in [-0.2, -0.15) is 0 Å². The van der Waals surface area contributed by atoms with Crippen molar-refractivity contribution >= 4 is 35.3 Å². The third-order valence-electron chi connectivity index (χ3n) is 3.68. The second kappa shape index (κ2) is 9.81. The van der Waals surface area contributed by atoms with Crippen molar-refractivity contribution in [2.24, 2.45) is 0 Å². The first kappa shape index (κ1) is 20.6. The van der Waals surface area contributed by atoms with Gasteiger partial charge < -0.3 is 20.5 Å². The zero-order valence-electron chi connectivity index (χ0n) is 15.5. The van der Waals surface area contributed by atoms with E-state index in [2.05, 4.69) is 20.3 Å². The Morgan fingerprint density at radius 2 is 2.04 bits per heavy atom. The molecule has 0 aliphatic carbocycles. The van der Waals surface area contributed by atoms with E-state index in [0.717, 1.165) is 11.8 Å². The summed E-state index contributed by atoms with van der Waals surface area (Å²) < 4.78 is 11.7. The first-order valence-electron chi connectivity index (χ1n) is 8.44. The molecule has 1 aromatic carbocycles. The molecule has 0 bridgehead atoms. The Morgan fingerprint density at radius 3 is 2.70 bits per heavy atom. The van der Waals surface area contributed by atoms with Crippen LogP contribution in [0.2, 0.25) is 0 Å². The number of para-hydroxylation sites is 2. The predicted octanol–water partition coefficient (Wildman–Crippen LogP) is 2.11. The lowest BCUT2D eigenvalue weighted by Crippen LogP contribution is -2.27. The van der Waals surface area contributed by atoms with E-state index in [1.807, 2.05) is 26.0 Å². The summed E-state index contributed by atoms with van der Waals surface area (Å²) in [6.45, 7) is 4.21. The molecule has 2 rings (SSSR count). The van der Waals surface area contributed by atoms with E-state index in [-0.39, 0.29) is 17.6 Å². The maximum absolute atomic E-state index is 12.9. The molecule has 2 aromatic rings. The molecule has 3 N–H and O–H groups in total. The van der Waals surface area contributed by atoms with E-state index in [1.54, 1.807) is 12.1 Å². The Bertz CT molecular complexity index is 795. The van der Waals surface area contributed by atoms with Crippen molar-refractivity contribution in [3.8, 4) is 5.75 Å². The summed E-state index contributed by atoms with van der Waals surface area (Å²) in [5, 5.41) is 11.0. The maximum Gasteiger partial charge on any atom is 0.316 e.